The molecule has 0 saturated carbocycles. The summed E-state index contributed by atoms with van der Waals surface area (Å²) in [6.45, 7) is 4.35. The highest BCUT2D eigenvalue weighted by Crippen LogP contribution is 2.33. The minimum atomic E-state index is 0.503. The van der Waals surface area contributed by atoms with Crippen molar-refractivity contribution in [3.8, 4) is 0 Å². The van der Waals surface area contributed by atoms with E-state index in [4.69, 9.17) is 10.7 Å². The molecule has 0 aliphatic carbocycles. The fourth-order valence-corrected chi connectivity index (χ4v) is 5.66. The van der Waals surface area contributed by atoms with E-state index in [0.717, 1.165) is 40.2 Å². The largest absolute Gasteiger partial charge is 0.382 e. The Morgan fingerprint density at radius 3 is 2.57 bits per heavy atom. The van der Waals surface area contributed by atoms with Crippen LogP contribution in [0.25, 0.3) is 21.9 Å². The number of nitrogen functional groups attached to an aromatic ring is 1. The van der Waals surface area contributed by atoms with Gasteiger partial charge >= 0.3 is 0 Å². The lowest BCUT2D eigenvalue weighted by Crippen LogP contribution is -2.17. The third kappa shape index (κ3) is 3.17. The van der Waals surface area contributed by atoms with Gasteiger partial charge in [0.25, 0.3) is 0 Å². The molecule has 0 bridgehead atoms. The molecule has 1 aliphatic rings. The molecule has 1 aromatic carbocycles. The first kappa shape index (κ1) is 18.0. The average molecular weight is 410 g/mol. The van der Waals surface area contributed by atoms with Gasteiger partial charge in [0.15, 0.2) is 11.0 Å². The van der Waals surface area contributed by atoms with Gasteiger partial charge in [-0.25, -0.2) is 9.97 Å². The van der Waals surface area contributed by atoms with Crippen LogP contribution >= 0.6 is 23.1 Å². The Labute approximate surface area is 172 Å². The Hall–Kier alpha value is -2.09. The fraction of sp³-hybridized carbons (Fsp3) is 0.333. The zero-order valence-electron chi connectivity index (χ0n) is 15.9. The van der Waals surface area contributed by atoms with E-state index in [9.17, 15) is 0 Å². The Morgan fingerprint density at radius 1 is 1.04 bits per heavy atom. The van der Waals surface area contributed by atoms with E-state index in [1.54, 1.807) is 11.8 Å². The van der Waals surface area contributed by atoms with Crippen LogP contribution in [0.3, 0.4) is 0 Å². The number of thioether (sulfide) groups is 1. The summed E-state index contributed by atoms with van der Waals surface area (Å²) in [6.07, 6.45) is 4.73. The van der Waals surface area contributed by atoms with Gasteiger partial charge in [-0.3, -0.25) is 4.90 Å². The molecule has 0 unspecified atom stereocenters. The SMILES string of the molecule is CSc1nc2c(N)nc3ccccc3c2n1Cc1ccc(CN2CCCC2)s1. The van der Waals surface area contributed by atoms with Crippen LogP contribution in [0.4, 0.5) is 5.82 Å². The van der Waals surface area contributed by atoms with Crippen molar-refractivity contribution in [1.82, 2.24) is 19.4 Å². The van der Waals surface area contributed by atoms with Crippen molar-refractivity contribution in [3.05, 3.63) is 46.2 Å². The maximum Gasteiger partial charge on any atom is 0.169 e. The minimum Gasteiger partial charge on any atom is -0.382 e. The molecule has 3 aromatic heterocycles. The quantitative estimate of drug-likeness (QED) is 0.488. The number of rotatable bonds is 5. The second-order valence-electron chi connectivity index (χ2n) is 7.25. The lowest BCUT2D eigenvalue weighted by molar-refractivity contribution is 0.334. The molecule has 1 saturated heterocycles. The summed E-state index contributed by atoms with van der Waals surface area (Å²) in [5.74, 6) is 0.503. The highest BCUT2D eigenvalue weighted by Gasteiger charge is 2.18. The molecule has 5 nitrogen and oxygen atoms in total. The van der Waals surface area contributed by atoms with E-state index in [2.05, 4.69) is 45.0 Å². The van der Waals surface area contributed by atoms with E-state index >= 15 is 0 Å². The predicted octanol–water partition coefficient (Wildman–Crippen LogP) is 4.59. The molecular weight excluding hydrogens is 386 g/mol. The number of benzene rings is 1. The van der Waals surface area contributed by atoms with Crippen LogP contribution in [0, 0.1) is 0 Å². The molecule has 144 valence electrons. The summed E-state index contributed by atoms with van der Waals surface area (Å²) in [5, 5.41) is 2.09. The molecule has 1 aliphatic heterocycles. The van der Waals surface area contributed by atoms with Crippen molar-refractivity contribution in [2.75, 3.05) is 25.1 Å². The monoisotopic (exact) mass is 409 g/mol. The second-order valence-corrected chi connectivity index (χ2v) is 9.27. The summed E-state index contributed by atoms with van der Waals surface area (Å²) in [5.41, 5.74) is 9.06. The van der Waals surface area contributed by atoms with Gasteiger partial charge in [0.05, 0.1) is 17.6 Å². The number of anilines is 1. The number of hydrogen-bond donors (Lipinski definition) is 1. The van der Waals surface area contributed by atoms with Gasteiger partial charge in [0, 0.05) is 21.7 Å². The van der Waals surface area contributed by atoms with Crippen molar-refractivity contribution in [1.29, 1.82) is 0 Å². The van der Waals surface area contributed by atoms with Crippen molar-refractivity contribution in [2.45, 2.75) is 31.1 Å². The maximum atomic E-state index is 6.25. The average Bonchev–Trinajstić information content (AvgIpc) is 3.44. The molecule has 0 spiro atoms. The molecule has 28 heavy (non-hydrogen) atoms. The number of aromatic nitrogens is 3. The number of imidazole rings is 1. The number of hydrogen-bond acceptors (Lipinski definition) is 6. The van der Waals surface area contributed by atoms with Crippen LogP contribution in [-0.2, 0) is 13.1 Å². The second kappa shape index (κ2) is 7.39. The zero-order chi connectivity index (χ0) is 19.1. The lowest BCUT2D eigenvalue weighted by Gasteiger charge is -2.12. The number of likely N-dealkylation sites (tertiary alicyclic amines) is 1. The Kier molecular flexibility index (Phi) is 4.74. The lowest BCUT2D eigenvalue weighted by atomic mass is 10.2. The predicted molar refractivity (Wildman–Crippen MR) is 119 cm³/mol. The third-order valence-corrected chi connectivity index (χ3v) is 7.10. The van der Waals surface area contributed by atoms with E-state index in [1.807, 2.05) is 23.5 Å². The number of thiophene rings is 1. The third-order valence-electron chi connectivity index (χ3n) is 5.37. The van der Waals surface area contributed by atoms with Crippen LogP contribution in [0.15, 0.2) is 41.6 Å². The van der Waals surface area contributed by atoms with E-state index < -0.39 is 0 Å². The van der Waals surface area contributed by atoms with Crippen molar-refractivity contribution in [2.24, 2.45) is 0 Å². The van der Waals surface area contributed by atoms with Crippen molar-refractivity contribution in [3.63, 3.8) is 0 Å². The Balaban J connectivity index is 1.55. The summed E-state index contributed by atoms with van der Waals surface area (Å²) < 4.78 is 2.30. The Bertz CT molecular complexity index is 1140. The summed E-state index contributed by atoms with van der Waals surface area (Å²) in [7, 11) is 0. The van der Waals surface area contributed by atoms with Crippen LogP contribution in [0.1, 0.15) is 22.6 Å². The molecule has 5 rings (SSSR count). The number of nitrogens with two attached hydrogens (primary N) is 1. The Morgan fingerprint density at radius 2 is 1.79 bits per heavy atom. The molecule has 4 aromatic rings. The van der Waals surface area contributed by atoms with Crippen LogP contribution in [0.2, 0.25) is 0 Å². The molecule has 0 radical (unpaired) electrons. The first-order chi connectivity index (χ1) is 13.7. The number of pyridine rings is 1. The van der Waals surface area contributed by atoms with Crippen molar-refractivity contribution >= 4 is 50.9 Å². The van der Waals surface area contributed by atoms with Gasteiger partial charge < -0.3 is 10.3 Å². The van der Waals surface area contributed by atoms with Crippen LogP contribution in [-0.4, -0.2) is 38.8 Å². The van der Waals surface area contributed by atoms with E-state index in [1.165, 1.54) is 35.7 Å². The summed E-state index contributed by atoms with van der Waals surface area (Å²) in [6, 6.07) is 12.7. The molecule has 1 fully saturated rings. The van der Waals surface area contributed by atoms with Gasteiger partial charge in [-0.15, -0.1) is 11.3 Å². The summed E-state index contributed by atoms with van der Waals surface area (Å²) >= 11 is 3.56. The molecule has 0 amide bonds. The molecule has 7 heteroatoms. The normalized spacial score (nSPS) is 15.2. The number of nitrogens with zero attached hydrogens (tertiary/aromatic N) is 4. The molecule has 4 heterocycles. The van der Waals surface area contributed by atoms with E-state index in [-0.39, 0.29) is 0 Å². The molecular formula is C21H23N5S2. The van der Waals surface area contributed by atoms with Gasteiger partial charge in [-0.1, -0.05) is 30.0 Å². The summed E-state index contributed by atoms with van der Waals surface area (Å²) in [4.78, 5) is 14.7. The minimum absolute atomic E-state index is 0.503. The van der Waals surface area contributed by atoms with E-state index in [0.29, 0.717) is 5.82 Å². The fourth-order valence-electron chi connectivity index (χ4n) is 4.05. The van der Waals surface area contributed by atoms with Gasteiger partial charge in [0.1, 0.15) is 5.52 Å². The highest BCUT2D eigenvalue weighted by molar-refractivity contribution is 7.98. The van der Waals surface area contributed by atoms with Gasteiger partial charge in [-0.2, -0.15) is 0 Å². The first-order valence-electron chi connectivity index (χ1n) is 9.61. The smallest absolute Gasteiger partial charge is 0.169 e. The number of fused-ring (bicyclic) bond motifs is 3. The standard InChI is InChI=1S/C21H23N5S2/c1-27-21-24-18-19(16-6-2-3-7-17(16)23-20(18)22)26(21)13-15-9-8-14(28-15)12-25-10-4-5-11-25/h2-3,6-9H,4-5,10-13H2,1H3,(H2,22,23). The van der Waals surface area contributed by atoms with Crippen molar-refractivity contribution < 1.29 is 0 Å². The highest BCUT2D eigenvalue weighted by atomic mass is 32.2. The van der Waals surface area contributed by atoms with Crippen LogP contribution < -0.4 is 5.73 Å². The molecule has 0 atom stereocenters. The van der Waals surface area contributed by atoms with Gasteiger partial charge in [-0.05, 0) is 50.4 Å². The topological polar surface area (TPSA) is 60.0 Å². The number of para-hydroxylation sites is 1. The van der Waals surface area contributed by atoms with Gasteiger partial charge in [0.2, 0.25) is 0 Å². The first-order valence-corrected chi connectivity index (χ1v) is 11.7. The van der Waals surface area contributed by atoms with Crippen LogP contribution in [0.5, 0.6) is 0 Å². The molecule has 2 N–H and O–H groups in total. The maximum absolute atomic E-state index is 6.25. The zero-order valence-corrected chi connectivity index (χ0v) is 17.5.